The molecule has 7 nitrogen and oxygen atoms in total. The third-order valence-electron chi connectivity index (χ3n) is 8.05. The molecule has 1 fully saturated rings. The molecule has 0 aromatic heterocycles. The summed E-state index contributed by atoms with van der Waals surface area (Å²) in [6.45, 7) is 6.75. The molecule has 2 N–H and O–H groups in total. The van der Waals surface area contributed by atoms with Crippen molar-refractivity contribution in [2.24, 2.45) is 11.8 Å². The van der Waals surface area contributed by atoms with Crippen molar-refractivity contribution in [3.8, 4) is 5.75 Å². The number of allylic oxidation sites excluding steroid dienone is 1. The van der Waals surface area contributed by atoms with Gasteiger partial charge in [0, 0.05) is 25.4 Å². The molecule has 2 aromatic rings. The van der Waals surface area contributed by atoms with Crippen LogP contribution in [-0.4, -0.2) is 60.8 Å². The van der Waals surface area contributed by atoms with Gasteiger partial charge in [0.05, 0.1) is 6.04 Å². The first-order valence-electron chi connectivity index (χ1n) is 15.1. The summed E-state index contributed by atoms with van der Waals surface area (Å²) < 4.78 is 19.8. The lowest BCUT2D eigenvalue weighted by Crippen LogP contribution is -2.49. The van der Waals surface area contributed by atoms with Gasteiger partial charge in [-0.1, -0.05) is 42.8 Å². The number of benzene rings is 2. The van der Waals surface area contributed by atoms with Crippen LogP contribution in [-0.2, 0) is 27.2 Å². The Labute approximate surface area is 248 Å². The summed E-state index contributed by atoms with van der Waals surface area (Å²) in [4.78, 5) is 42.1. The van der Waals surface area contributed by atoms with E-state index >= 15 is 0 Å². The van der Waals surface area contributed by atoms with Gasteiger partial charge in [-0.15, -0.1) is 0 Å². The molecule has 2 aromatic carbocycles. The summed E-state index contributed by atoms with van der Waals surface area (Å²) in [5, 5.41) is 5.89. The predicted molar refractivity (Wildman–Crippen MR) is 162 cm³/mol. The minimum absolute atomic E-state index is 0.0562. The molecule has 8 heteroatoms. The van der Waals surface area contributed by atoms with Gasteiger partial charge in [0.15, 0.2) is 5.78 Å². The van der Waals surface area contributed by atoms with Crippen molar-refractivity contribution in [3.05, 3.63) is 77.1 Å². The van der Waals surface area contributed by atoms with Crippen LogP contribution < -0.4 is 15.4 Å². The molecule has 0 saturated heterocycles. The van der Waals surface area contributed by atoms with Crippen LogP contribution in [0.3, 0.4) is 0 Å². The summed E-state index contributed by atoms with van der Waals surface area (Å²) in [6, 6.07) is 12.8. The van der Waals surface area contributed by atoms with E-state index in [9.17, 15) is 18.8 Å². The van der Waals surface area contributed by atoms with E-state index in [1.807, 2.05) is 45.2 Å². The number of carbonyl (C=O) groups excluding carboxylic acids is 3. The Morgan fingerprint density at radius 1 is 1.00 bits per heavy atom. The maximum absolute atomic E-state index is 13.5. The number of amides is 2. The first kappa shape index (κ1) is 31.4. The van der Waals surface area contributed by atoms with Crippen LogP contribution in [0.15, 0.2) is 60.2 Å². The standard InChI is InChI=1S/C34H44FN3O4/c1-22-18-23(2)33(40)37-29(20-25-11-15-28(35)16-12-25)34(41)36-17-7-9-26-8-5-6-10-31(26)42-24(3)21-38(4)32(27-13-14-27)30(39)19-22/h5-6,8,10-12,15-16,19,23-24,27,29,32H,7,9,13-14,17-18,20-21H2,1-4H3,(H,36,41)(H,37,40)/b22-19+/t23-,24?,29+,32-/m0/s1. The zero-order valence-corrected chi connectivity index (χ0v) is 25.2. The number of fused-ring (bicyclic) bond motifs is 1. The highest BCUT2D eigenvalue weighted by molar-refractivity contribution is 5.95. The maximum atomic E-state index is 13.5. The third-order valence-corrected chi connectivity index (χ3v) is 8.05. The molecule has 0 radical (unpaired) electrons. The highest BCUT2D eigenvalue weighted by atomic mass is 19.1. The van der Waals surface area contributed by atoms with Gasteiger partial charge in [-0.05, 0) is 94.3 Å². The van der Waals surface area contributed by atoms with Gasteiger partial charge in [0.1, 0.15) is 23.7 Å². The molecule has 1 heterocycles. The largest absolute Gasteiger partial charge is 0.489 e. The maximum Gasteiger partial charge on any atom is 0.242 e. The van der Waals surface area contributed by atoms with Gasteiger partial charge in [-0.3, -0.25) is 19.3 Å². The Bertz CT molecular complexity index is 1270. The molecule has 1 saturated carbocycles. The number of ketones is 1. The average molecular weight is 578 g/mol. The summed E-state index contributed by atoms with van der Waals surface area (Å²) in [7, 11) is 1.99. The molecule has 0 bridgehead atoms. The van der Waals surface area contributed by atoms with E-state index < -0.39 is 12.0 Å². The Balaban J connectivity index is 1.57. The Kier molecular flexibility index (Phi) is 10.9. The second kappa shape index (κ2) is 14.6. The van der Waals surface area contributed by atoms with Crippen molar-refractivity contribution >= 4 is 17.6 Å². The van der Waals surface area contributed by atoms with E-state index in [0.29, 0.717) is 38.3 Å². The SMILES string of the molecule is C/C1=C\C(=O)[C@H](C2CC2)N(C)CC(C)Oc2ccccc2CCCNC(=O)[C@@H](Cc2ccc(F)cc2)NC(=O)[C@@H](C)C1. The van der Waals surface area contributed by atoms with Crippen molar-refractivity contribution in [1.82, 2.24) is 15.5 Å². The molecule has 2 aliphatic rings. The molecule has 1 aliphatic carbocycles. The minimum atomic E-state index is -0.814. The van der Waals surface area contributed by atoms with Crippen molar-refractivity contribution in [2.45, 2.75) is 77.5 Å². The number of carbonyl (C=O) groups is 3. The fraction of sp³-hybridized carbons (Fsp3) is 0.500. The first-order valence-corrected chi connectivity index (χ1v) is 15.1. The first-order chi connectivity index (χ1) is 20.1. The fourth-order valence-corrected chi connectivity index (χ4v) is 5.78. The van der Waals surface area contributed by atoms with Crippen LogP contribution in [0.2, 0.25) is 0 Å². The van der Waals surface area contributed by atoms with E-state index in [4.69, 9.17) is 4.74 Å². The number of nitrogens with zero attached hydrogens (tertiary/aromatic N) is 1. The lowest BCUT2D eigenvalue weighted by Gasteiger charge is -2.29. The van der Waals surface area contributed by atoms with Crippen molar-refractivity contribution in [2.75, 3.05) is 20.1 Å². The van der Waals surface area contributed by atoms with E-state index in [-0.39, 0.29) is 42.0 Å². The van der Waals surface area contributed by atoms with Crippen molar-refractivity contribution in [1.29, 1.82) is 0 Å². The van der Waals surface area contributed by atoms with E-state index in [0.717, 1.165) is 35.3 Å². The summed E-state index contributed by atoms with van der Waals surface area (Å²) in [6.07, 6.45) is 5.65. The lowest BCUT2D eigenvalue weighted by molar-refractivity contribution is -0.130. The molecular weight excluding hydrogens is 533 g/mol. The van der Waals surface area contributed by atoms with Gasteiger partial charge in [0.25, 0.3) is 0 Å². The summed E-state index contributed by atoms with van der Waals surface area (Å²) in [5.74, 6) is -0.156. The number of aryl methyl sites for hydroxylation is 1. The number of likely N-dealkylation sites (N-methyl/N-ethyl adjacent to an activating group) is 1. The number of hydrogen-bond donors (Lipinski definition) is 2. The molecule has 226 valence electrons. The second-order valence-electron chi connectivity index (χ2n) is 12.0. The predicted octanol–water partition coefficient (Wildman–Crippen LogP) is 4.63. The fourth-order valence-electron chi connectivity index (χ4n) is 5.78. The molecule has 4 atom stereocenters. The van der Waals surface area contributed by atoms with Crippen molar-refractivity contribution in [3.63, 3.8) is 0 Å². The minimum Gasteiger partial charge on any atom is -0.489 e. The number of hydrogen-bond acceptors (Lipinski definition) is 5. The zero-order chi connectivity index (χ0) is 30.2. The molecule has 4 rings (SSSR count). The number of para-hydroxylation sites is 1. The van der Waals surface area contributed by atoms with Crippen molar-refractivity contribution < 1.29 is 23.5 Å². The average Bonchev–Trinajstić information content (AvgIpc) is 3.77. The quantitative estimate of drug-likeness (QED) is 0.555. The topological polar surface area (TPSA) is 87.7 Å². The molecule has 0 spiro atoms. The van der Waals surface area contributed by atoms with Gasteiger partial charge < -0.3 is 15.4 Å². The van der Waals surface area contributed by atoms with Crippen LogP contribution in [0, 0.1) is 17.7 Å². The Morgan fingerprint density at radius 3 is 2.43 bits per heavy atom. The summed E-state index contributed by atoms with van der Waals surface area (Å²) in [5.41, 5.74) is 2.62. The highest BCUT2D eigenvalue weighted by Crippen LogP contribution is 2.36. The van der Waals surface area contributed by atoms with E-state index in [2.05, 4.69) is 15.5 Å². The third kappa shape index (κ3) is 8.99. The monoisotopic (exact) mass is 577 g/mol. The molecule has 1 aliphatic heterocycles. The van der Waals surface area contributed by atoms with Crippen LogP contribution in [0.25, 0.3) is 0 Å². The van der Waals surface area contributed by atoms with E-state index in [1.54, 1.807) is 25.1 Å². The van der Waals surface area contributed by atoms with Gasteiger partial charge in [-0.2, -0.15) is 0 Å². The zero-order valence-electron chi connectivity index (χ0n) is 25.2. The van der Waals surface area contributed by atoms with Crippen LogP contribution in [0.4, 0.5) is 4.39 Å². The van der Waals surface area contributed by atoms with Crippen LogP contribution >= 0.6 is 0 Å². The van der Waals surface area contributed by atoms with Crippen LogP contribution in [0.5, 0.6) is 5.75 Å². The summed E-state index contributed by atoms with van der Waals surface area (Å²) >= 11 is 0. The number of nitrogens with one attached hydrogen (secondary N) is 2. The number of halogens is 1. The Morgan fingerprint density at radius 2 is 1.71 bits per heavy atom. The number of rotatable bonds is 3. The normalized spacial score (nSPS) is 27.1. The second-order valence-corrected chi connectivity index (χ2v) is 12.0. The smallest absolute Gasteiger partial charge is 0.242 e. The number of ether oxygens (including phenoxy) is 1. The highest BCUT2D eigenvalue weighted by Gasteiger charge is 2.38. The lowest BCUT2D eigenvalue weighted by atomic mass is 9.96. The van der Waals surface area contributed by atoms with E-state index in [1.165, 1.54) is 12.1 Å². The molecule has 2 amide bonds. The Hall–Kier alpha value is -3.52. The molecular formula is C34H44FN3O4. The van der Waals surface area contributed by atoms with Gasteiger partial charge in [0.2, 0.25) is 11.8 Å². The molecule has 1 unspecified atom stereocenters. The van der Waals surface area contributed by atoms with Crippen LogP contribution in [0.1, 0.15) is 57.6 Å². The molecule has 42 heavy (non-hydrogen) atoms. The van der Waals surface area contributed by atoms with Gasteiger partial charge >= 0.3 is 0 Å². The van der Waals surface area contributed by atoms with Gasteiger partial charge in [-0.25, -0.2) is 4.39 Å².